The maximum atomic E-state index is 12.4. The molecular formula is C13H17F3N4. The molecule has 1 saturated carbocycles. The summed E-state index contributed by atoms with van der Waals surface area (Å²) in [7, 11) is 0. The molecular weight excluding hydrogens is 269 g/mol. The summed E-state index contributed by atoms with van der Waals surface area (Å²) < 4.78 is 37.2. The van der Waals surface area contributed by atoms with Gasteiger partial charge < -0.3 is 10.2 Å². The number of aromatic nitrogens is 2. The van der Waals surface area contributed by atoms with Gasteiger partial charge in [0.1, 0.15) is 0 Å². The van der Waals surface area contributed by atoms with E-state index in [4.69, 9.17) is 0 Å². The van der Waals surface area contributed by atoms with Crippen molar-refractivity contribution in [2.45, 2.75) is 43.9 Å². The highest BCUT2D eigenvalue weighted by atomic mass is 19.4. The molecule has 4 nitrogen and oxygen atoms in total. The molecule has 1 aromatic rings. The summed E-state index contributed by atoms with van der Waals surface area (Å²) >= 11 is 0. The molecule has 1 aromatic heterocycles. The maximum Gasteiger partial charge on any atom is 0.435 e. The lowest BCUT2D eigenvalue weighted by Crippen LogP contribution is -2.43. The fourth-order valence-electron chi connectivity index (χ4n) is 2.50. The van der Waals surface area contributed by atoms with Crippen LogP contribution >= 0.6 is 0 Å². The number of nitrogens with one attached hydrogen (secondary N) is 1. The summed E-state index contributed by atoms with van der Waals surface area (Å²) in [6.45, 7) is 1.62. The molecule has 1 aliphatic heterocycles. The quantitative estimate of drug-likeness (QED) is 0.925. The van der Waals surface area contributed by atoms with E-state index in [0.29, 0.717) is 17.9 Å². The zero-order valence-corrected chi connectivity index (χ0v) is 11.0. The average molecular weight is 286 g/mol. The molecule has 2 aliphatic rings. The summed E-state index contributed by atoms with van der Waals surface area (Å²) in [6.07, 6.45) is 0.111. The van der Waals surface area contributed by atoms with Gasteiger partial charge >= 0.3 is 6.18 Å². The molecule has 2 heterocycles. The molecule has 0 unspecified atom stereocenters. The molecule has 1 N–H and O–H groups in total. The molecule has 0 aromatic carbocycles. The first-order valence-electron chi connectivity index (χ1n) is 6.94. The van der Waals surface area contributed by atoms with Crippen molar-refractivity contribution in [2.24, 2.45) is 0 Å². The zero-order valence-electron chi connectivity index (χ0n) is 11.0. The predicted octanol–water partition coefficient (Wildman–Crippen LogP) is 2.22. The third-order valence-corrected chi connectivity index (χ3v) is 3.81. The maximum absolute atomic E-state index is 12.4. The molecule has 20 heavy (non-hydrogen) atoms. The van der Waals surface area contributed by atoms with Crippen LogP contribution < -0.4 is 10.2 Å². The van der Waals surface area contributed by atoms with Crippen molar-refractivity contribution >= 4 is 5.82 Å². The number of piperidine rings is 1. The van der Waals surface area contributed by atoms with Gasteiger partial charge in [-0.2, -0.15) is 13.2 Å². The highest BCUT2D eigenvalue weighted by Crippen LogP contribution is 2.28. The van der Waals surface area contributed by atoms with E-state index in [-0.39, 0.29) is 0 Å². The summed E-state index contributed by atoms with van der Waals surface area (Å²) in [4.78, 5) is 2.00. The second-order valence-electron chi connectivity index (χ2n) is 5.48. The van der Waals surface area contributed by atoms with Crippen molar-refractivity contribution in [3.63, 3.8) is 0 Å². The van der Waals surface area contributed by atoms with Crippen molar-refractivity contribution in [1.29, 1.82) is 0 Å². The first-order valence-corrected chi connectivity index (χ1v) is 6.94. The highest BCUT2D eigenvalue weighted by molar-refractivity contribution is 5.38. The fourth-order valence-corrected chi connectivity index (χ4v) is 2.50. The topological polar surface area (TPSA) is 41.0 Å². The summed E-state index contributed by atoms with van der Waals surface area (Å²) in [5, 5.41) is 10.6. The van der Waals surface area contributed by atoms with Crippen LogP contribution in [0.5, 0.6) is 0 Å². The predicted molar refractivity (Wildman–Crippen MR) is 68.4 cm³/mol. The van der Waals surface area contributed by atoms with E-state index < -0.39 is 11.9 Å². The van der Waals surface area contributed by atoms with Gasteiger partial charge in [-0.3, -0.25) is 0 Å². The third-order valence-electron chi connectivity index (χ3n) is 3.81. The minimum absolute atomic E-state index is 0.529. The monoisotopic (exact) mass is 286 g/mol. The number of anilines is 1. The van der Waals surface area contributed by atoms with E-state index in [9.17, 15) is 13.2 Å². The van der Waals surface area contributed by atoms with Gasteiger partial charge in [-0.25, -0.2) is 0 Å². The Morgan fingerprint density at radius 2 is 1.65 bits per heavy atom. The molecule has 3 rings (SSSR count). The summed E-state index contributed by atoms with van der Waals surface area (Å²) in [6, 6.07) is 3.63. The number of hydrogen-bond acceptors (Lipinski definition) is 4. The number of halogens is 3. The number of nitrogens with zero attached hydrogens (tertiary/aromatic N) is 3. The van der Waals surface area contributed by atoms with Crippen LogP contribution in [-0.4, -0.2) is 35.4 Å². The molecule has 0 radical (unpaired) electrons. The second-order valence-corrected chi connectivity index (χ2v) is 5.48. The lowest BCUT2D eigenvalue weighted by atomic mass is 10.1. The van der Waals surface area contributed by atoms with Crippen molar-refractivity contribution < 1.29 is 13.2 Å². The van der Waals surface area contributed by atoms with Crippen molar-refractivity contribution in [3.05, 3.63) is 17.8 Å². The van der Waals surface area contributed by atoms with Crippen LogP contribution in [-0.2, 0) is 6.18 Å². The first kappa shape index (κ1) is 13.6. The summed E-state index contributed by atoms with van der Waals surface area (Å²) in [5.74, 6) is 0.530. The number of rotatable bonds is 3. The smallest absolute Gasteiger partial charge is 0.355 e. The average Bonchev–Trinajstić information content (AvgIpc) is 3.23. The van der Waals surface area contributed by atoms with Gasteiger partial charge in [-0.15, -0.1) is 10.2 Å². The van der Waals surface area contributed by atoms with Gasteiger partial charge in [0.2, 0.25) is 0 Å². The largest absolute Gasteiger partial charge is 0.435 e. The highest BCUT2D eigenvalue weighted by Gasteiger charge is 2.33. The van der Waals surface area contributed by atoms with Gasteiger partial charge in [-0.05, 0) is 37.8 Å². The van der Waals surface area contributed by atoms with Gasteiger partial charge in [-0.1, -0.05) is 0 Å². The molecule has 0 atom stereocenters. The molecule has 0 spiro atoms. The van der Waals surface area contributed by atoms with Gasteiger partial charge in [0, 0.05) is 25.2 Å². The lowest BCUT2D eigenvalue weighted by Gasteiger charge is -2.33. The van der Waals surface area contributed by atoms with Crippen molar-refractivity contribution in [2.75, 3.05) is 18.0 Å². The molecule has 0 amide bonds. The standard InChI is InChI=1S/C13H17F3N4/c14-13(15,16)11-3-4-12(19-18-11)20-7-5-10(6-8-20)17-9-1-2-9/h3-4,9-10,17H,1-2,5-8H2. The summed E-state index contributed by atoms with van der Waals surface area (Å²) in [5.41, 5.74) is -0.938. The number of alkyl halides is 3. The fraction of sp³-hybridized carbons (Fsp3) is 0.692. The van der Waals surface area contributed by atoms with Crippen LogP contribution in [0, 0.1) is 0 Å². The SMILES string of the molecule is FC(F)(F)c1ccc(N2CCC(NC3CC3)CC2)nn1. The lowest BCUT2D eigenvalue weighted by molar-refractivity contribution is -0.141. The third kappa shape index (κ3) is 3.20. The molecule has 1 aliphatic carbocycles. The van der Waals surface area contributed by atoms with Crippen molar-refractivity contribution in [1.82, 2.24) is 15.5 Å². The van der Waals surface area contributed by atoms with E-state index >= 15 is 0 Å². The Kier molecular flexibility index (Phi) is 3.54. The second kappa shape index (κ2) is 5.20. The Morgan fingerprint density at radius 3 is 2.15 bits per heavy atom. The Hall–Kier alpha value is -1.37. The van der Waals surface area contributed by atoms with Crippen molar-refractivity contribution in [3.8, 4) is 0 Å². The Morgan fingerprint density at radius 1 is 1.00 bits per heavy atom. The van der Waals surface area contributed by atoms with Gasteiger partial charge in [0.05, 0.1) is 0 Å². The minimum Gasteiger partial charge on any atom is -0.355 e. The first-order chi connectivity index (χ1) is 9.52. The van der Waals surface area contributed by atoms with E-state index in [1.54, 1.807) is 0 Å². The van der Waals surface area contributed by atoms with E-state index in [0.717, 1.165) is 32.0 Å². The van der Waals surface area contributed by atoms with E-state index in [2.05, 4.69) is 15.5 Å². The Balaban J connectivity index is 1.57. The molecule has 7 heteroatoms. The molecule has 0 bridgehead atoms. The normalized spacial score (nSPS) is 21.2. The van der Waals surface area contributed by atoms with Crippen LogP contribution in [0.4, 0.5) is 19.0 Å². The Bertz CT molecular complexity index is 448. The Labute approximate surface area is 115 Å². The van der Waals surface area contributed by atoms with Gasteiger partial charge in [0.15, 0.2) is 11.5 Å². The minimum atomic E-state index is -4.42. The van der Waals surface area contributed by atoms with E-state index in [1.807, 2.05) is 4.90 Å². The van der Waals surface area contributed by atoms with E-state index in [1.165, 1.54) is 18.9 Å². The molecule has 2 fully saturated rings. The molecule has 110 valence electrons. The number of hydrogen-bond donors (Lipinski definition) is 1. The van der Waals surface area contributed by atoms with Crippen LogP contribution in [0.1, 0.15) is 31.4 Å². The van der Waals surface area contributed by atoms with Crippen LogP contribution in [0.15, 0.2) is 12.1 Å². The van der Waals surface area contributed by atoms with Crippen LogP contribution in [0.25, 0.3) is 0 Å². The van der Waals surface area contributed by atoms with Gasteiger partial charge in [0.25, 0.3) is 0 Å². The van der Waals surface area contributed by atoms with Crippen LogP contribution in [0.2, 0.25) is 0 Å². The molecule has 1 saturated heterocycles. The zero-order chi connectivity index (χ0) is 14.2. The van der Waals surface area contributed by atoms with Crippen LogP contribution in [0.3, 0.4) is 0 Å².